The third-order valence-electron chi connectivity index (χ3n) is 0.823. The van der Waals surface area contributed by atoms with Crippen molar-refractivity contribution in [1.82, 2.24) is 4.98 Å². The molecule has 3 nitrogen and oxygen atoms in total. The van der Waals surface area contributed by atoms with Crippen LogP contribution < -0.4 is 4.74 Å². The van der Waals surface area contributed by atoms with E-state index in [9.17, 15) is 4.79 Å². The Morgan fingerprint density at radius 1 is 1.78 bits per heavy atom. The zero-order chi connectivity index (χ0) is 6.69. The maximum atomic E-state index is 10.3. The van der Waals surface area contributed by atoms with E-state index in [1.807, 2.05) is 0 Å². The zero-order valence-electron chi connectivity index (χ0n) is 5.05. The molecule has 0 spiro atoms. The van der Waals surface area contributed by atoms with Gasteiger partial charge in [0, 0.05) is 19.2 Å². The van der Waals surface area contributed by atoms with Gasteiger partial charge in [-0.2, -0.15) is 0 Å². The largest absolute Gasteiger partial charge is 0.410 e. The van der Waals surface area contributed by atoms with Crippen molar-refractivity contribution >= 4 is 5.97 Å². The highest BCUT2D eigenvalue weighted by Gasteiger charge is 1.94. The van der Waals surface area contributed by atoms with Gasteiger partial charge in [-0.3, -0.25) is 4.79 Å². The number of rotatable bonds is 1. The molecule has 0 bridgehead atoms. The molecule has 1 heterocycles. The van der Waals surface area contributed by atoms with Crippen LogP contribution in [0.15, 0.2) is 18.3 Å². The van der Waals surface area contributed by atoms with E-state index in [4.69, 9.17) is 0 Å². The van der Waals surface area contributed by atoms with Crippen LogP contribution in [0.1, 0.15) is 6.92 Å². The average Bonchev–Trinajstić information content (AvgIpc) is 2.15. The Hall–Kier alpha value is -1.25. The van der Waals surface area contributed by atoms with Crippen LogP contribution in [-0.2, 0) is 4.79 Å². The second kappa shape index (κ2) is 2.35. The molecule has 0 aliphatic carbocycles. The van der Waals surface area contributed by atoms with Gasteiger partial charge in [0.15, 0.2) is 0 Å². The van der Waals surface area contributed by atoms with E-state index in [1.165, 1.54) is 6.92 Å². The van der Waals surface area contributed by atoms with Crippen molar-refractivity contribution in [1.29, 1.82) is 0 Å². The van der Waals surface area contributed by atoms with Crippen molar-refractivity contribution in [3.05, 3.63) is 18.3 Å². The van der Waals surface area contributed by atoms with Crippen LogP contribution in [0.2, 0.25) is 0 Å². The lowest BCUT2D eigenvalue weighted by atomic mass is 10.6. The average molecular weight is 125 g/mol. The number of ether oxygens (including phenoxy) is 1. The van der Waals surface area contributed by atoms with Gasteiger partial charge in [0.05, 0.1) is 0 Å². The molecule has 0 fully saturated rings. The smallest absolute Gasteiger partial charge is 0.309 e. The lowest BCUT2D eigenvalue weighted by Crippen LogP contribution is -2.00. The molecular formula is C6H7NO2. The van der Waals surface area contributed by atoms with Gasteiger partial charge in [-0.25, -0.2) is 0 Å². The maximum Gasteiger partial charge on any atom is 0.309 e. The lowest BCUT2D eigenvalue weighted by Gasteiger charge is -1.92. The highest BCUT2D eigenvalue weighted by molar-refractivity contribution is 5.68. The molecule has 0 aromatic carbocycles. The van der Waals surface area contributed by atoms with Gasteiger partial charge < -0.3 is 9.72 Å². The summed E-state index contributed by atoms with van der Waals surface area (Å²) in [6.45, 7) is 1.36. The summed E-state index contributed by atoms with van der Waals surface area (Å²) >= 11 is 0. The predicted molar refractivity (Wildman–Crippen MR) is 32.1 cm³/mol. The highest BCUT2D eigenvalue weighted by atomic mass is 16.5. The van der Waals surface area contributed by atoms with Gasteiger partial charge in [-0.05, 0) is 6.07 Å². The molecule has 48 valence electrons. The Morgan fingerprint density at radius 2 is 2.56 bits per heavy atom. The first kappa shape index (κ1) is 5.88. The molecule has 1 aromatic rings. The maximum absolute atomic E-state index is 10.3. The summed E-state index contributed by atoms with van der Waals surface area (Å²) in [5.74, 6) is 0.181. The topological polar surface area (TPSA) is 42.1 Å². The fourth-order valence-electron chi connectivity index (χ4n) is 0.532. The number of aromatic nitrogens is 1. The monoisotopic (exact) mass is 125 g/mol. The highest BCUT2D eigenvalue weighted by Crippen LogP contribution is 2.03. The molecule has 9 heavy (non-hydrogen) atoms. The standard InChI is InChI=1S/C6H7NO2/c1-5(8)9-6-3-2-4-7-6/h2-4,7H,1H3. The van der Waals surface area contributed by atoms with E-state index in [1.54, 1.807) is 18.3 Å². The number of hydrogen-bond donors (Lipinski definition) is 1. The van der Waals surface area contributed by atoms with E-state index >= 15 is 0 Å². The summed E-state index contributed by atoms with van der Waals surface area (Å²) in [6.07, 6.45) is 1.69. The van der Waals surface area contributed by atoms with Gasteiger partial charge in [0.2, 0.25) is 5.88 Å². The van der Waals surface area contributed by atoms with E-state index in [-0.39, 0.29) is 5.97 Å². The number of carbonyl (C=O) groups excluding carboxylic acids is 1. The molecule has 1 N–H and O–H groups in total. The van der Waals surface area contributed by atoms with Crippen molar-refractivity contribution in [2.45, 2.75) is 6.92 Å². The normalized spacial score (nSPS) is 9.00. The number of hydrogen-bond acceptors (Lipinski definition) is 2. The lowest BCUT2D eigenvalue weighted by molar-refractivity contribution is -0.132. The van der Waals surface area contributed by atoms with Crippen LogP contribution in [0.5, 0.6) is 5.88 Å². The van der Waals surface area contributed by atoms with E-state index in [2.05, 4.69) is 9.72 Å². The van der Waals surface area contributed by atoms with Crippen molar-refractivity contribution < 1.29 is 9.53 Å². The molecule has 3 heteroatoms. The Labute approximate surface area is 52.6 Å². The molecule has 0 atom stereocenters. The molecular weight excluding hydrogens is 118 g/mol. The third kappa shape index (κ3) is 1.60. The van der Waals surface area contributed by atoms with Crippen LogP contribution in [-0.4, -0.2) is 11.0 Å². The summed E-state index contributed by atoms with van der Waals surface area (Å²) < 4.78 is 4.66. The Bertz CT molecular complexity index is 191. The Kier molecular flexibility index (Phi) is 1.53. The summed E-state index contributed by atoms with van der Waals surface area (Å²) in [7, 11) is 0. The summed E-state index contributed by atoms with van der Waals surface area (Å²) in [5.41, 5.74) is 0. The van der Waals surface area contributed by atoms with Gasteiger partial charge in [-0.1, -0.05) is 0 Å². The molecule has 0 saturated heterocycles. The predicted octanol–water partition coefficient (Wildman–Crippen LogP) is 0.940. The van der Waals surface area contributed by atoms with Crippen molar-refractivity contribution in [2.75, 3.05) is 0 Å². The van der Waals surface area contributed by atoms with Gasteiger partial charge in [0.1, 0.15) is 0 Å². The summed E-state index contributed by atoms with van der Waals surface area (Å²) in [6, 6.07) is 3.44. The molecule has 0 amide bonds. The minimum Gasteiger partial charge on any atom is -0.410 e. The quantitative estimate of drug-likeness (QED) is 0.567. The van der Waals surface area contributed by atoms with Crippen LogP contribution in [0.4, 0.5) is 0 Å². The number of aromatic amines is 1. The summed E-state index contributed by atoms with van der Waals surface area (Å²) in [4.78, 5) is 13.0. The minimum absolute atomic E-state index is 0.308. The SMILES string of the molecule is CC(=O)Oc1ccc[nH]1. The molecule has 0 unspecified atom stereocenters. The number of nitrogens with one attached hydrogen (secondary N) is 1. The molecule has 0 saturated carbocycles. The van der Waals surface area contributed by atoms with E-state index in [0.717, 1.165) is 0 Å². The first-order valence-corrected chi connectivity index (χ1v) is 2.61. The Morgan fingerprint density at radius 3 is 3.00 bits per heavy atom. The molecule has 0 aliphatic rings. The third-order valence-corrected chi connectivity index (χ3v) is 0.823. The van der Waals surface area contributed by atoms with E-state index < -0.39 is 0 Å². The molecule has 1 aromatic heterocycles. The van der Waals surface area contributed by atoms with E-state index in [0.29, 0.717) is 5.88 Å². The zero-order valence-corrected chi connectivity index (χ0v) is 5.05. The first-order valence-electron chi connectivity index (χ1n) is 2.61. The second-order valence-electron chi connectivity index (χ2n) is 1.63. The van der Waals surface area contributed by atoms with Crippen molar-refractivity contribution in [3.8, 4) is 5.88 Å². The first-order chi connectivity index (χ1) is 4.29. The fraction of sp³-hybridized carbons (Fsp3) is 0.167. The fourth-order valence-corrected chi connectivity index (χ4v) is 0.532. The van der Waals surface area contributed by atoms with Crippen molar-refractivity contribution in [3.63, 3.8) is 0 Å². The summed E-state index contributed by atoms with van der Waals surface area (Å²) in [5, 5.41) is 0. The van der Waals surface area contributed by atoms with Gasteiger partial charge >= 0.3 is 5.97 Å². The number of carbonyl (C=O) groups is 1. The van der Waals surface area contributed by atoms with Crippen LogP contribution in [0, 0.1) is 0 Å². The number of esters is 1. The minimum atomic E-state index is -0.308. The second-order valence-corrected chi connectivity index (χ2v) is 1.63. The molecule has 0 radical (unpaired) electrons. The van der Waals surface area contributed by atoms with Crippen LogP contribution >= 0.6 is 0 Å². The Balaban J connectivity index is 2.58. The van der Waals surface area contributed by atoms with Gasteiger partial charge in [-0.15, -0.1) is 0 Å². The number of H-pyrrole nitrogens is 1. The van der Waals surface area contributed by atoms with Crippen LogP contribution in [0.3, 0.4) is 0 Å². The van der Waals surface area contributed by atoms with Gasteiger partial charge in [0.25, 0.3) is 0 Å². The van der Waals surface area contributed by atoms with Crippen LogP contribution in [0.25, 0.3) is 0 Å². The van der Waals surface area contributed by atoms with Crippen molar-refractivity contribution in [2.24, 2.45) is 0 Å². The molecule has 1 rings (SSSR count). The molecule has 0 aliphatic heterocycles.